The lowest BCUT2D eigenvalue weighted by Crippen LogP contribution is -2.30. The van der Waals surface area contributed by atoms with E-state index in [9.17, 15) is 9.59 Å². The van der Waals surface area contributed by atoms with E-state index < -0.39 is 0 Å². The number of rotatable bonds is 6. The van der Waals surface area contributed by atoms with Crippen molar-refractivity contribution in [3.63, 3.8) is 0 Å². The molecule has 0 atom stereocenters. The summed E-state index contributed by atoms with van der Waals surface area (Å²) in [5.74, 6) is -0.105. The molecule has 0 saturated heterocycles. The van der Waals surface area contributed by atoms with Gasteiger partial charge in [0.2, 0.25) is 5.91 Å². The van der Waals surface area contributed by atoms with Gasteiger partial charge in [-0.2, -0.15) is 0 Å². The molecule has 0 aliphatic carbocycles. The van der Waals surface area contributed by atoms with Crippen molar-refractivity contribution in [2.24, 2.45) is 0 Å². The molecule has 4 heteroatoms. The second-order valence-electron chi connectivity index (χ2n) is 8.18. The molecule has 0 aliphatic heterocycles. The molecule has 0 aromatic heterocycles. The van der Waals surface area contributed by atoms with Crippen LogP contribution >= 0.6 is 0 Å². The third kappa shape index (κ3) is 6.05. The number of amides is 2. The number of carbonyl (C=O) groups is 2. The minimum absolute atomic E-state index is 0.0450. The van der Waals surface area contributed by atoms with Crippen LogP contribution < -0.4 is 10.6 Å². The van der Waals surface area contributed by atoms with Crippen molar-refractivity contribution < 1.29 is 9.59 Å². The van der Waals surface area contributed by atoms with Crippen LogP contribution in [0.2, 0.25) is 0 Å². The van der Waals surface area contributed by atoms with Gasteiger partial charge in [0.15, 0.2) is 0 Å². The van der Waals surface area contributed by atoms with E-state index in [-0.39, 0.29) is 23.9 Å². The molecule has 0 fully saturated rings. The van der Waals surface area contributed by atoms with Crippen LogP contribution in [0, 0.1) is 13.8 Å². The second-order valence-corrected chi connectivity index (χ2v) is 8.18. The zero-order valence-corrected chi connectivity index (χ0v) is 18.5. The van der Waals surface area contributed by atoms with Crippen molar-refractivity contribution in [3.05, 3.63) is 64.2 Å². The van der Waals surface area contributed by atoms with E-state index in [4.69, 9.17) is 0 Å². The number of carbonyl (C=O) groups excluding carboxylic acids is 2. The lowest BCUT2D eigenvalue weighted by atomic mass is 9.93. The maximum absolute atomic E-state index is 12.2. The highest BCUT2D eigenvalue weighted by Gasteiger charge is 2.11. The third-order valence-electron chi connectivity index (χ3n) is 4.64. The Morgan fingerprint density at radius 3 is 2.00 bits per heavy atom. The minimum atomic E-state index is -0.0601. The van der Waals surface area contributed by atoms with Crippen molar-refractivity contribution in [2.45, 2.75) is 60.5 Å². The smallest absolute Gasteiger partial charge is 0.251 e. The van der Waals surface area contributed by atoms with Crippen molar-refractivity contribution in [1.82, 2.24) is 10.6 Å². The number of benzene rings is 2. The minimum Gasteiger partial charge on any atom is -0.350 e. The second kappa shape index (κ2) is 9.55. The van der Waals surface area contributed by atoms with E-state index in [2.05, 4.69) is 29.7 Å². The summed E-state index contributed by atoms with van der Waals surface area (Å²) in [5.41, 5.74) is 6.80. The first-order chi connectivity index (χ1) is 13.6. The standard InChI is InChI=1S/C25H32N2O2/c1-15(2)26-24(28)19(7)13-22-12-18(6)23(14-17(22)5)20-8-10-21(11-9-20)25(29)27-16(3)4/h8-16H,1-7H3,(H,26,28)(H,27,29). The van der Waals surface area contributed by atoms with Crippen molar-refractivity contribution in [1.29, 1.82) is 0 Å². The quantitative estimate of drug-likeness (QED) is 0.677. The van der Waals surface area contributed by atoms with Gasteiger partial charge in [0.1, 0.15) is 0 Å². The molecular formula is C25H32N2O2. The Morgan fingerprint density at radius 2 is 1.45 bits per heavy atom. The fraction of sp³-hybridized carbons (Fsp3) is 0.360. The van der Waals surface area contributed by atoms with Gasteiger partial charge in [-0.3, -0.25) is 9.59 Å². The first kappa shape index (κ1) is 22.4. The van der Waals surface area contributed by atoms with Gasteiger partial charge in [-0.05, 0) is 94.5 Å². The van der Waals surface area contributed by atoms with E-state index >= 15 is 0 Å². The first-order valence-electron chi connectivity index (χ1n) is 10.1. The predicted molar refractivity (Wildman–Crippen MR) is 121 cm³/mol. The molecule has 0 unspecified atom stereocenters. The van der Waals surface area contributed by atoms with Crippen molar-refractivity contribution in [3.8, 4) is 11.1 Å². The molecule has 29 heavy (non-hydrogen) atoms. The number of hydrogen-bond acceptors (Lipinski definition) is 2. The third-order valence-corrected chi connectivity index (χ3v) is 4.64. The Kier molecular flexibility index (Phi) is 7.38. The van der Waals surface area contributed by atoms with Crippen LogP contribution in [0.15, 0.2) is 42.0 Å². The molecule has 2 amide bonds. The summed E-state index contributed by atoms with van der Waals surface area (Å²) in [6, 6.07) is 12.1. The summed E-state index contributed by atoms with van der Waals surface area (Å²) < 4.78 is 0. The summed E-state index contributed by atoms with van der Waals surface area (Å²) >= 11 is 0. The van der Waals surface area contributed by atoms with E-state index in [1.807, 2.05) is 71.9 Å². The van der Waals surface area contributed by atoms with Crippen LogP contribution in [0.3, 0.4) is 0 Å². The molecule has 2 aromatic rings. The van der Waals surface area contributed by atoms with E-state index in [0.717, 1.165) is 27.8 Å². The summed E-state index contributed by atoms with van der Waals surface area (Å²) in [7, 11) is 0. The zero-order valence-electron chi connectivity index (χ0n) is 18.5. The Bertz CT molecular complexity index is 923. The predicted octanol–water partition coefficient (Wildman–Crippen LogP) is 5.04. The Balaban J connectivity index is 2.29. The number of nitrogens with one attached hydrogen (secondary N) is 2. The summed E-state index contributed by atoms with van der Waals surface area (Å²) in [6.45, 7) is 13.7. The van der Waals surface area contributed by atoms with E-state index in [1.165, 1.54) is 0 Å². The molecule has 0 spiro atoms. The maximum atomic E-state index is 12.2. The normalized spacial score (nSPS) is 11.7. The van der Waals surface area contributed by atoms with Gasteiger partial charge < -0.3 is 10.6 Å². The highest BCUT2D eigenvalue weighted by molar-refractivity contribution is 5.97. The van der Waals surface area contributed by atoms with Crippen LogP contribution in [-0.4, -0.2) is 23.9 Å². The SMILES string of the molecule is CC(=Cc1cc(C)c(-c2ccc(C(=O)NC(C)C)cc2)cc1C)C(=O)NC(C)C. The zero-order chi connectivity index (χ0) is 21.7. The molecule has 0 heterocycles. The summed E-state index contributed by atoms with van der Waals surface area (Å²) in [4.78, 5) is 24.3. The summed E-state index contributed by atoms with van der Waals surface area (Å²) in [5, 5.41) is 5.83. The highest BCUT2D eigenvalue weighted by atomic mass is 16.2. The average Bonchev–Trinajstić information content (AvgIpc) is 2.63. The fourth-order valence-corrected chi connectivity index (χ4v) is 3.13. The Labute approximate surface area is 174 Å². The van der Waals surface area contributed by atoms with Gasteiger partial charge in [0, 0.05) is 23.2 Å². The van der Waals surface area contributed by atoms with Crippen molar-refractivity contribution >= 4 is 17.9 Å². The number of aryl methyl sites for hydroxylation is 2. The Morgan fingerprint density at radius 1 is 0.862 bits per heavy atom. The topological polar surface area (TPSA) is 58.2 Å². The molecule has 2 rings (SSSR count). The number of hydrogen-bond donors (Lipinski definition) is 2. The van der Waals surface area contributed by atoms with Crippen LogP contribution in [0.5, 0.6) is 0 Å². The molecule has 0 saturated carbocycles. The fourth-order valence-electron chi connectivity index (χ4n) is 3.13. The molecule has 0 radical (unpaired) electrons. The van der Waals surface area contributed by atoms with Crippen LogP contribution in [0.1, 0.15) is 61.7 Å². The van der Waals surface area contributed by atoms with E-state index in [0.29, 0.717) is 11.1 Å². The van der Waals surface area contributed by atoms with Crippen LogP contribution in [0.4, 0.5) is 0 Å². The van der Waals surface area contributed by atoms with Gasteiger partial charge in [0.25, 0.3) is 5.91 Å². The van der Waals surface area contributed by atoms with Gasteiger partial charge in [0.05, 0.1) is 0 Å². The largest absolute Gasteiger partial charge is 0.350 e. The lowest BCUT2D eigenvalue weighted by Gasteiger charge is -2.13. The van der Waals surface area contributed by atoms with Crippen LogP contribution in [0.25, 0.3) is 17.2 Å². The first-order valence-corrected chi connectivity index (χ1v) is 10.1. The monoisotopic (exact) mass is 392 g/mol. The van der Waals surface area contributed by atoms with Gasteiger partial charge in [-0.15, -0.1) is 0 Å². The summed E-state index contributed by atoms with van der Waals surface area (Å²) in [6.07, 6.45) is 1.93. The molecule has 154 valence electrons. The molecule has 4 nitrogen and oxygen atoms in total. The Hall–Kier alpha value is -2.88. The average molecular weight is 393 g/mol. The molecular weight excluding hydrogens is 360 g/mol. The highest BCUT2D eigenvalue weighted by Crippen LogP contribution is 2.28. The van der Waals surface area contributed by atoms with Crippen molar-refractivity contribution in [2.75, 3.05) is 0 Å². The van der Waals surface area contributed by atoms with Crippen LogP contribution in [-0.2, 0) is 4.79 Å². The molecule has 2 N–H and O–H groups in total. The van der Waals surface area contributed by atoms with E-state index in [1.54, 1.807) is 0 Å². The molecule has 0 bridgehead atoms. The maximum Gasteiger partial charge on any atom is 0.251 e. The molecule has 0 aliphatic rings. The van der Waals surface area contributed by atoms with Gasteiger partial charge >= 0.3 is 0 Å². The molecule has 2 aromatic carbocycles. The van der Waals surface area contributed by atoms with Gasteiger partial charge in [-0.1, -0.05) is 24.3 Å². The van der Waals surface area contributed by atoms with Gasteiger partial charge in [-0.25, -0.2) is 0 Å². The lowest BCUT2D eigenvalue weighted by molar-refractivity contribution is -0.117.